The van der Waals surface area contributed by atoms with Gasteiger partial charge in [0, 0.05) is 28.0 Å². The van der Waals surface area contributed by atoms with Gasteiger partial charge in [0.2, 0.25) is 15.9 Å². The predicted octanol–water partition coefficient (Wildman–Crippen LogP) is 6.26. The highest BCUT2D eigenvalue weighted by molar-refractivity contribution is 7.90. The lowest BCUT2D eigenvalue weighted by atomic mass is 9.65. The third kappa shape index (κ3) is 6.76. The van der Waals surface area contributed by atoms with Crippen LogP contribution in [0.4, 0.5) is 0 Å². The van der Waals surface area contributed by atoms with Crippen molar-refractivity contribution in [3.63, 3.8) is 0 Å². The largest absolute Gasteiger partial charge is 0.481 e. The minimum atomic E-state index is -3.39. The van der Waals surface area contributed by atoms with Crippen LogP contribution in [0.1, 0.15) is 87.7 Å². The van der Waals surface area contributed by atoms with E-state index in [1.165, 1.54) is 0 Å². The van der Waals surface area contributed by atoms with E-state index in [9.17, 15) is 23.1 Å². The van der Waals surface area contributed by atoms with Gasteiger partial charge >= 0.3 is 5.97 Å². The number of rotatable bonds is 11. The molecule has 222 valence electrons. The summed E-state index contributed by atoms with van der Waals surface area (Å²) < 4.78 is 29.2. The maximum atomic E-state index is 13.6. The van der Waals surface area contributed by atoms with Gasteiger partial charge in [-0.2, -0.15) is 0 Å². The van der Waals surface area contributed by atoms with Gasteiger partial charge in [-0.05, 0) is 85.8 Å². The second-order valence-electron chi connectivity index (χ2n) is 12.1. The summed E-state index contributed by atoms with van der Waals surface area (Å²) in [5.74, 6) is -1.37. The molecule has 41 heavy (non-hydrogen) atoms. The molecule has 1 heterocycles. The maximum absolute atomic E-state index is 13.6. The van der Waals surface area contributed by atoms with Crippen LogP contribution >= 0.6 is 23.2 Å². The van der Waals surface area contributed by atoms with Crippen LogP contribution in [0.3, 0.4) is 0 Å². The van der Waals surface area contributed by atoms with Crippen LogP contribution < -0.4 is 10.0 Å². The Morgan fingerprint density at radius 2 is 1.83 bits per heavy atom. The maximum Gasteiger partial charge on any atom is 0.304 e. The molecule has 0 spiro atoms. The number of carbonyl (C=O) groups excluding carboxylic acids is 1. The van der Waals surface area contributed by atoms with Crippen molar-refractivity contribution in [2.24, 2.45) is 11.3 Å². The molecule has 2 unspecified atom stereocenters. The number of carbonyl (C=O) groups is 2. The average Bonchev–Trinajstić information content (AvgIpc) is 3.41. The van der Waals surface area contributed by atoms with E-state index in [0.717, 1.165) is 30.4 Å². The van der Waals surface area contributed by atoms with Crippen molar-refractivity contribution in [2.45, 2.75) is 93.9 Å². The summed E-state index contributed by atoms with van der Waals surface area (Å²) in [5, 5.41) is 13.8. The third-order valence-corrected chi connectivity index (χ3v) is 12.0. The molecule has 2 aliphatic carbocycles. The molecular weight excluding hydrogens is 583 g/mol. The fraction of sp³-hybridized carbons (Fsp3) is 0.548. The highest BCUT2D eigenvalue weighted by atomic mass is 35.5. The molecular formula is C31H38Cl2N2O5S. The molecule has 1 amide bonds. The summed E-state index contributed by atoms with van der Waals surface area (Å²) in [4.78, 5) is 25.4. The third-order valence-electron chi connectivity index (χ3n) is 9.56. The first-order chi connectivity index (χ1) is 19.5. The van der Waals surface area contributed by atoms with Crippen molar-refractivity contribution in [3.8, 4) is 0 Å². The Hall–Kier alpha value is -2.13. The van der Waals surface area contributed by atoms with Crippen LogP contribution in [0.2, 0.25) is 10.0 Å². The fourth-order valence-corrected chi connectivity index (χ4v) is 9.27. The number of halogens is 2. The van der Waals surface area contributed by atoms with Crippen LogP contribution in [0.25, 0.3) is 0 Å². The van der Waals surface area contributed by atoms with Gasteiger partial charge in [-0.15, -0.1) is 0 Å². The topological polar surface area (TPSA) is 113 Å². The highest BCUT2D eigenvalue weighted by Gasteiger charge is 2.51. The Kier molecular flexibility index (Phi) is 9.05. The van der Waals surface area contributed by atoms with Gasteiger partial charge in [-0.25, -0.2) is 13.1 Å². The summed E-state index contributed by atoms with van der Waals surface area (Å²) in [6, 6.07) is 14.7. The second kappa shape index (κ2) is 12.2. The van der Waals surface area contributed by atoms with E-state index in [4.69, 9.17) is 23.2 Å². The molecule has 3 aliphatic rings. The Labute approximate surface area is 252 Å². The average molecular weight is 622 g/mol. The van der Waals surface area contributed by atoms with Gasteiger partial charge in [0.25, 0.3) is 0 Å². The van der Waals surface area contributed by atoms with E-state index in [0.29, 0.717) is 42.1 Å². The fourth-order valence-electron chi connectivity index (χ4n) is 7.10. The van der Waals surface area contributed by atoms with Gasteiger partial charge in [0.15, 0.2) is 0 Å². The van der Waals surface area contributed by atoms with E-state index in [1.807, 2.05) is 49.4 Å². The number of sulfonamides is 1. The van der Waals surface area contributed by atoms with Crippen molar-refractivity contribution in [1.82, 2.24) is 10.0 Å². The van der Waals surface area contributed by atoms with Crippen molar-refractivity contribution >= 4 is 45.1 Å². The Morgan fingerprint density at radius 1 is 1.12 bits per heavy atom. The van der Waals surface area contributed by atoms with Gasteiger partial charge < -0.3 is 10.4 Å². The number of nitrogens with one attached hydrogen (secondary N) is 2. The summed E-state index contributed by atoms with van der Waals surface area (Å²) in [7, 11) is -3.39. The Morgan fingerprint density at radius 3 is 2.46 bits per heavy atom. The Balaban J connectivity index is 1.44. The molecule has 0 bridgehead atoms. The molecule has 0 aromatic heterocycles. The number of carboxylic acids is 1. The minimum absolute atomic E-state index is 0.0378. The first kappa shape index (κ1) is 30.3. The number of amides is 1. The molecule has 2 aromatic rings. The molecule has 10 heteroatoms. The lowest BCUT2D eigenvalue weighted by Gasteiger charge is -2.44. The van der Waals surface area contributed by atoms with Crippen molar-refractivity contribution in [2.75, 3.05) is 0 Å². The zero-order valence-corrected chi connectivity index (χ0v) is 25.5. The number of hydrogen-bond donors (Lipinski definition) is 3. The van der Waals surface area contributed by atoms with Crippen LogP contribution in [0.5, 0.6) is 0 Å². The van der Waals surface area contributed by atoms with Crippen molar-refractivity contribution < 1.29 is 23.1 Å². The molecule has 5 rings (SSSR count). The monoisotopic (exact) mass is 620 g/mol. The predicted molar refractivity (Wildman–Crippen MR) is 161 cm³/mol. The van der Waals surface area contributed by atoms with E-state index < -0.39 is 21.4 Å². The van der Waals surface area contributed by atoms with Gasteiger partial charge in [-0.3, -0.25) is 9.59 Å². The zero-order chi connectivity index (χ0) is 29.4. The van der Waals surface area contributed by atoms with Crippen LogP contribution in [-0.2, 0) is 19.6 Å². The summed E-state index contributed by atoms with van der Waals surface area (Å²) in [5.41, 5.74) is 0.971. The molecule has 1 aliphatic heterocycles. The smallest absolute Gasteiger partial charge is 0.304 e. The zero-order valence-electron chi connectivity index (χ0n) is 23.2. The van der Waals surface area contributed by atoms with Crippen molar-refractivity contribution in [1.29, 1.82) is 0 Å². The minimum Gasteiger partial charge on any atom is -0.481 e. The molecule has 0 radical (unpaired) electrons. The molecule has 3 fully saturated rings. The van der Waals surface area contributed by atoms with Crippen molar-refractivity contribution in [3.05, 3.63) is 69.7 Å². The molecule has 2 saturated carbocycles. The number of benzene rings is 2. The molecule has 7 nitrogen and oxygen atoms in total. The summed E-state index contributed by atoms with van der Waals surface area (Å²) >= 11 is 12.6. The number of piperidine rings is 1. The number of carboxylic acid groups (broad SMARTS) is 1. The van der Waals surface area contributed by atoms with Gasteiger partial charge in [0.05, 0.1) is 17.1 Å². The van der Waals surface area contributed by atoms with Gasteiger partial charge in [-0.1, -0.05) is 67.2 Å². The second-order valence-corrected chi connectivity index (χ2v) is 15.0. The van der Waals surface area contributed by atoms with Crippen LogP contribution in [-0.4, -0.2) is 42.7 Å². The van der Waals surface area contributed by atoms with Crippen LogP contribution in [0.15, 0.2) is 48.5 Å². The first-order valence-electron chi connectivity index (χ1n) is 14.6. The van der Waals surface area contributed by atoms with Gasteiger partial charge in [0.1, 0.15) is 0 Å². The molecule has 6 atom stereocenters. The van der Waals surface area contributed by atoms with E-state index >= 15 is 0 Å². The normalized spacial score (nSPS) is 29.2. The SMILES string of the molecule is CC[C@@]1(CC(=O)O)C[C@H](c2cccc(Cl)c2)[C@H](C[C@H](c2ccc(Cl)cc2)C2CC2NS(=O)(=O)C2CCCC2)NC1=O. The Bertz CT molecular complexity index is 1380. The lowest BCUT2D eigenvalue weighted by molar-refractivity contribution is -0.148. The molecule has 3 N–H and O–H groups in total. The summed E-state index contributed by atoms with van der Waals surface area (Å²) in [6.07, 6.45) is 5.15. The first-order valence-corrected chi connectivity index (χ1v) is 16.9. The van der Waals surface area contributed by atoms with Crippen LogP contribution in [0, 0.1) is 11.3 Å². The van der Waals surface area contributed by atoms with E-state index in [2.05, 4.69) is 10.0 Å². The molecule has 2 aromatic carbocycles. The van der Waals surface area contributed by atoms with E-state index in [-0.39, 0.29) is 47.4 Å². The summed E-state index contributed by atoms with van der Waals surface area (Å²) in [6.45, 7) is 1.86. The highest BCUT2D eigenvalue weighted by Crippen LogP contribution is 2.50. The van der Waals surface area contributed by atoms with E-state index in [1.54, 1.807) is 6.07 Å². The lowest BCUT2D eigenvalue weighted by Crippen LogP contribution is -2.55. The molecule has 1 saturated heterocycles. The number of aliphatic carboxylic acids is 1. The standard InChI is InChI=1S/C31H38Cl2N2O5S/c1-2-31(18-29(36)37)17-26(20-6-5-7-22(33)14-20)27(34-30(31)38)15-24(19-10-12-21(32)13-11-19)25-16-28(25)35-41(39,40)23-8-3-4-9-23/h5-7,10-14,23-28,35H,2-4,8-9,15-18H2,1H3,(H,34,38)(H,36,37)/t24-,25?,26-,27+,28?,31+/m1/s1. The number of hydrogen-bond acceptors (Lipinski definition) is 4. The quantitative estimate of drug-likeness (QED) is 0.274.